The smallest absolute Gasteiger partial charge is 0.306 e. The summed E-state index contributed by atoms with van der Waals surface area (Å²) in [6, 6.07) is 0.443. The molecule has 5 nitrogen and oxygen atoms in total. The molecule has 0 aliphatic carbocycles. The molecule has 0 bridgehead atoms. The largest absolute Gasteiger partial charge is 0.481 e. The van der Waals surface area contributed by atoms with Crippen molar-refractivity contribution in [3.63, 3.8) is 0 Å². The molecule has 0 saturated carbocycles. The van der Waals surface area contributed by atoms with Crippen LogP contribution in [0.4, 0.5) is 0 Å². The number of carbonyl (C=O) groups is 1. The predicted molar refractivity (Wildman–Crippen MR) is 56.8 cm³/mol. The summed E-state index contributed by atoms with van der Waals surface area (Å²) in [7, 11) is 4.01. The maximum absolute atomic E-state index is 10.4. The van der Waals surface area contributed by atoms with Crippen LogP contribution in [0.2, 0.25) is 0 Å². The fraction of sp³-hybridized carbons (Fsp3) is 0.900. The number of hydrogen-bond donors (Lipinski definition) is 2. The number of aliphatic hydroxyl groups is 1. The van der Waals surface area contributed by atoms with Crippen LogP contribution in [0.5, 0.6) is 0 Å². The minimum Gasteiger partial charge on any atom is -0.481 e. The fourth-order valence-electron chi connectivity index (χ4n) is 2.02. The first kappa shape index (κ1) is 12.4. The van der Waals surface area contributed by atoms with Crippen molar-refractivity contribution in [3.05, 3.63) is 0 Å². The Morgan fingerprint density at radius 1 is 1.67 bits per heavy atom. The van der Waals surface area contributed by atoms with Crippen LogP contribution in [0.25, 0.3) is 0 Å². The lowest BCUT2D eigenvalue weighted by Gasteiger charge is -2.25. The molecule has 1 heterocycles. The van der Waals surface area contributed by atoms with Gasteiger partial charge < -0.3 is 15.1 Å². The number of hydrogen-bond acceptors (Lipinski definition) is 4. The van der Waals surface area contributed by atoms with Gasteiger partial charge in [-0.3, -0.25) is 9.69 Å². The standard InChI is InChI=1S/C10H20N2O3/c1-11-4-3-8(6-11)12(2)7-9(13)5-10(14)15/h8-9,13H,3-7H2,1-2H3,(H,14,15). The normalized spacial score (nSPS) is 24.7. The number of likely N-dealkylation sites (tertiary alicyclic amines) is 1. The molecule has 5 heteroatoms. The second-order valence-electron chi connectivity index (χ2n) is 4.40. The summed E-state index contributed by atoms with van der Waals surface area (Å²) in [5, 5.41) is 18.0. The van der Waals surface area contributed by atoms with Crippen molar-refractivity contribution >= 4 is 5.97 Å². The molecule has 1 rings (SSSR count). The zero-order valence-corrected chi connectivity index (χ0v) is 9.39. The number of aliphatic hydroxyl groups excluding tert-OH is 1. The molecule has 2 atom stereocenters. The lowest BCUT2D eigenvalue weighted by molar-refractivity contribution is -0.139. The van der Waals surface area contributed by atoms with Gasteiger partial charge in [-0.1, -0.05) is 0 Å². The highest BCUT2D eigenvalue weighted by atomic mass is 16.4. The van der Waals surface area contributed by atoms with E-state index < -0.39 is 12.1 Å². The van der Waals surface area contributed by atoms with Gasteiger partial charge in [0, 0.05) is 19.1 Å². The van der Waals surface area contributed by atoms with Crippen molar-refractivity contribution in [3.8, 4) is 0 Å². The van der Waals surface area contributed by atoms with Crippen molar-refractivity contribution in [1.29, 1.82) is 0 Å². The number of carboxylic acids is 1. The minimum absolute atomic E-state index is 0.174. The first-order chi connectivity index (χ1) is 6.99. The third kappa shape index (κ3) is 4.15. The number of nitrogens with zero attached hydrogens (tertiary/aromatic N) is 2. The van der Waals surface area contributed by atoms with Gasteiger partial charge in [0.1, 0.15) is 0 Å². The molecule has 15 heavy (non-hydrogen) atoms. The van der Waals surface area contributed by atoms with Crippen molar-refractivity contribution < 1.29 is 15.0 Å². The average molecular weight is 216 g/mol. The van der Waals surface area contributed by atoms with Gasteiger partial charge >= 0.3 is 5.97 Å². The number of rotatable bonds is 5. The van der Waals surface area contributed by atoms with Crippen LogP contribution in [-0.4, -0.2) is 71.9 Å². The molecular formula is C10H20N2O3. The predicted octanol–water partition coefficient (Wildman–Crippen LogP) is -0.542. The van der Waals surface area contributed by atoms with Crippen molar-refractivity contribution in [2.75, 3.05) is 33.7 Å². The monoisotopic (exact) mass is 216 g/mol. The van der Waals surface area contributed by atoms with Gasteiger partial charge in [-0.15, -0.1) is 0 Å². The van der Waals surface area contributed by atoms with Crippen LogP contribution < -0.4 is 0 Å². The van der Waals surface area contributed by atoms with Crippen LogP contribution in [0, 0.1) is 0 Å². The van der Waals surface area contributed by atoms with Crippen molar-refractivity contribution in [2.24, 2.45) is 0 Å². The first-order valence-electron chi connectivity index (χ1n) is 5.27. The molecule has 0 spiro atoms. The van der Waals surface area contributed by atoms with Crippen LogP contribution in [0.15, 0.2) is 0 Å². The van der Waals surface area contributed by atoms with E-state index in [9.17, 15) is 9.90 Å². The molecular weight excluding hydrogens is 196 g/mol. The summed E-state index contributed by atoms with van der Waals surface area (Å²) in [5.74, 6) is -0.945. The second-order valence-corrected chi connectivity index (χ2v) is 4.40. The van der Waals surface area contributed by atoms with E-state index in [1.54, 1.807) is 0 Å². The lowest BCUT2D eigenvalue weighted by Crippen LogP contribution is -2.39. The van der Waals surface area contributed by atoms with Crippen LogP contribution in [0.1, 0.15) is 12.8 Å². The first-order valence-corrected chi connectivity index (χ1v) is 5.27. The summed E-state index contributed by atoms with van der Waals surface area (Å²) < 4.78 is 0. The topological polar surface area (TPSA) is 64.0 Å². The molecule has 0 radical (unpaired) electrons. The van der Waals surface area contributed by atoms with Crippen molar-refractivity contribution in [2.45, 2.75) is 25.0 Å². The summed E-state index contributed by atoms with van der Waals surface area (Å²) in [6.45, 7) is 2.51. The molecule has 2 N–H and O–H groups in total. The summed E-state index contributed by atoms with van der Waals surface area (Å²) in [6.07, 6.45) is 0.151. The highest BCUT2D eigenvalue weighted by Crippen LogP contribution is 2.13. The average Bonchev–Trinajstić information content (AvgIpc) is 2.49. The zero-order chi connectivity index (χ0) is 11.4. The van der Waals surface area contributed by atoms with E-state index in [4.69, 9.17) is 5.11 Å². The highest BCUT2D eigenvalue weighted by molar-refractivity contribution is 5.67. The molecule has 1 saturated heterocycles. The summed E-state index contributed by atoms with van der Waals surface area (Å²) in [5.41, 5.74) is 0. The number of likely N-dealkylation sites (N-methyl/N-ethyl adjacent to an activating group) is 2. The Balaban J connectivity index is 2.28. The van der Waals surface area contributed by atoms with Gasteiger partial charge in [0.15, 0.2) is 0 Å². The molecule has 0 amide bonds. The fourth-order valence-corrected chi connectivity index (χ4v) is 2.02. The molecule has 0 aromatic heterocycles. The maximum Gasteiger partial charge on any atom is 0.306 e. The number of aliphatic carboxylic acids is 1. The molecule has 2 unspecified atom stereocenters. The Bertz CT molecular complexity index is 223. The summed E-state index contributed by atoms with van der Waals surface area (Å²) >= 11 is 0. The molecule has 1 aliphatic heterocycles. The van der Waals surface area contributed by atoms with Gasteiger partial charge in [0.05, 0.1) is 12.5 Å². The van der Waals surface area contributed by atoms with E-state index >= 15 is 0 Å². The SMILES string of the molecule is CN1CCC(N(C)CC(O)CC(=O)O)C1. The lowest BCUT2D eigenvalue weighted by atomic mass is 10.2. The van der Waals surface area contributed by atoms with E-state index in [-0.39, 0.29) is 6.42 Å². The Labute approximate surface area is 90.3 Å². The minimum atomic E-state index is -0.945. The zero-order valence-electron chi connectivity index (χ0n) is 9.39. The van der Waals surface area contributed by atoms with Gasteiger partial charge in [-0.25, -0.2) is 0 Å². The Kier molecular flexibility index (Phi) is 4.50. The van der Waals surface area contributed by atoms with Crippen LogP contribution >= 0.6 is 0 Å². The molecule has 0 aromatic carbocycles. The molecule has 1 fully saturated rings. The van der Waals surface area contributed by atoms with Gasteiger partial charge in [0.2, 0.25) is 0 Å². The molecule has 0 aromatic rings. The highest BCUT2D eigenvalue weighted by Gasteiger charge is 2.24. The summed E-state index contributed by atoms with van der Waals surface area (Å²) in [4.78, 5) is 14.7. The van der Waals surface area contributed by atoms with E-state index in [0.717, 1.165) is 19.5 Å². The Morgan fingerprint density at radius 3 is 2.80 bits per heavy atom. The van der Waals surface area contributed by atoms with Crippen LogP contribution in [0.3, 0.4) is 0 Å². The Morgan fingerprint density at radius 2 is 2.33 bits per heavy atom. The quantitative estimate of drug-likeness (QED) is 0.646. The maximum atomic E-state index is 10.4. The van der Waals surface area contributed by atoms with E-state index in [2.05, 4.69) is 16.8 Å². The van der Waals surface area contributed by atoms with E-state index in [0.29, 0.717) is 12.6 Å². The van der Waals surface area contributed by atoms with Crippen molar-refractivity contribution in [1.82, 2.24) is 9.80 Å². The molecule has 1 aliphatic rings. The molecule has 88 valence electrons. The third-order valence-corrected chi connectivity index (χ3v) is 2.90. The van der Waals surface area contributed by atoms with Gasteiger partial charge in [-0.2, -0.15) is 0 Å². The van der Waals surface area contributed by atoms with Gasteiger partial charge in [0.25, 0.3) is 0 Å². The van der Waals surface area contributed by atoms with E-state index in [1.807, 2.05) is 7.05 Å². The van der Waals surface area contributed by atoms with Gasteiger partial charge in [-0.05, 0) is 27.1 Å². The third-order valence-electron chi connectivity index (χ3n) is 2.90. The number of carboxylic acid groups (broad SMARTS) is 1. The second kappa shape index (κ2) is 5.44. The van der Waals surface area contributed by atoms with E-state index in [1.165, 1.54) is 0 Å². The van der Waals surface area contributed by atoms with Crippen LogP contribution in [-0.2, 0) is 4.79 Å². The Hall–Kier alpha value is -0.650.